The van der Waals surface area contributed by atoms with Gasteiger partial charge in [-0.3, -0.25) is 9.59 Å². The van der Waals surface area contributed by atoms with Crippen molar-refractivity contribution >= 4 is 22.5 Å². The lowest BCUT2D eigenvalue weighted by Gasteiger charge is -2.09. The summed E-state index contributed by atoms with van der Waals surface area (Å²) in [4.78, 5) is 27.5. The number of aromatic nitrogens is 1. The van der Waals surface area contributed by atoms with Crippen LogP contribution < -0.4 is 15.6 Å². The first-order chi connectivity index (χ1) is 13.0. The Bertz CT molecular complexity index is 1020. The van der Waals surface area contributed by atoms with Gasteiger partial charge in [-0.1, -0.05) is 12.1 Å². The van der Waals surface area contributed by atoms with Gasteiger partial charge in [-0.2, -0.15) is 0 Å². The number of benzene rings is 2. The predicted octanol–water partition coefficient (Wildman–Crippen LogP) is 4.11. The highest BCUT2D eigenvalue weighted by molar-refractivity contribution is 5.91. The lowest BCUT2D eigenvalue weighted by molar-refractivity contribution is -0.116. The van der Waals surface area contributed by atoms with E-state index in [9.17, 15) is 9.59 Å². The zero-order chi connectivity index (χ0) is 19.4. The van der Waals surface area contributed by atoms with Gasteiger partial charge in [0.15, 0.2) is 0 Å². The molecule has 3 rings (SSSR count). The van der Waals surface area contributed by atoms with E-state index in [-0.39, 0.29) is 17.9 Å². The molecule has 2 aromatic carbocycles. The van der Waals surface area contributed by atoms with Crippen molar-refractivity contribution in [1.29, 1.82) is 0 Å². The fourth-order valence-electron chi connectivity index (χ4n) is 3.03. The van der Waals surface area contributed by atoms with E-state index in [0.29, 0.717) is 24.3 Å². The molecule has 0 radical (unpaired) electrons. The Kier molecular flexibility index (Phi) is 5.60. The second-order valence-electron chi connectivity index (χ2n) is 6.60. The number of aromatic amines is 1. The van der Waals surface area contributed by atoms with Gasteiger partial charge < -0.3 is 15.0 Å². The number of ether oxygens (including phenoxy) is 1. The third kappa shape index (κ3) is 4.37. The molecule has 5 nitrogen and oxygen atoms in total. The van der Waals surface area contributed by atoms with Crippen molar-refractivity contribution in [2.24, 2.45) is 0 Å². The van der Waals surface area contributed by atoms with Crippen LogP contribution in [0.1, 0.15) is 30.0 Å². The zero-order valence-electron chi connectivity index (χ0n) is 15.9. The van der Waals surface area contributed by atoms with Crippen molar-refractivity contribution < 1.29 is 9.53 Å². The fraction of sp³-hybridized carbons (Fsp3) is 0.273. The van der Waals surface area contributed by atoms with E-state index >= 15 is 0 Å². The van der Waals surface area contributed by atoms with Crippen LogP contribution >= 0.6 is 0 Å². The van der Waals surface area contributed by atoms with Gasteiger partial charge in [0.2, 0.25) is 5.91 Å². The van der Waals surface area contributed by atoms with Crippen LogP contribution in [0.2, 0.25) is 0 Å². The normalized spacial score (nSPS) is 10.8. The number of amides is 1. The van der Waals surface area contributed by atoms with Crippen LogP contribution in [0.4, 0.5) is 5.69 Å². The lowest BCUT2D eigenvalue weighted by Crippen LogP contribution is -2.17. The van der Waals surface area contributed by atoms with E-state index in [4.69, 9.17) is 4.74 Å². The minimum atomic E-state index is -0.134. The molecule has 5 heteroatoms. The molecule has 27 heavy (non-hydrogen) atoms. The molecular formula is C22H24N2O3. The molecule has 0 aliphatic rings. The van der Waals surface area contributed by atoms with Crippen LogP contribution in [0.25, 0.3) is 10.9 Å². The van der Waals surface area contributed by atoms with E-state index in [1.807, 2.05) is 51.1 Å². The first kappa shape index (κ1) is 18.7. The van der Waals surface area contributed by atoms with E-state index in [1.165, 1.54) is 0 Å². The average molecular weight is 364 g/mol. The predicted molar refractivity (Wildman–Crippen MR) is 109 cm³/mol. The standard InChI is InChI=1S/C22H24N2O3/c1-4-27-19-10-8-18(9-11-19)23-20(25)12-7-17-13-16-6-5-14(2)15(3)21(16)24-22(17)26/h5-6,8-11,13H,4,7,12H2,1-3H3,(H,23,25)(H,24,26). The average Bonchev–Trinajstić information content (AvgIpc) is 2.65. The Labute approximate surface area is 158 Å². The number of carbonyl (C=O) groups excluding carboxylic acids is 1. The van der Waals surface area contributed by atoms with Crippen LogP contribution in [0.3, 0.4) is 0 Å². The number of anilines is 1. The second-order valence-corrected chi connectivity index (χ2v) is 6.60. The van der Waals surface area contributed by atoms with Gasteiger partial charge in [0.1, 0.15) is 5.75 Å². The number of carbonyl (C=O) groups is 1. The minimum Gasteiger partial charge on any atom is -0.494 e. The van der Waals surface area contributed by atoms with Gasteiger partial charge in [-0.05, 0) is 74.0 Å². The van der Waals surface area contributed by atoms with Crippen molar-refractivity contribution in [3.8, 4) is 5.75 Å². The zero-order valence-corrected chi connectivity index (χ0v) is 15.9. The van der Waals surface area contributed by atoms with E-state index < -0.39 is 0 Å². The number of hydrogen-bond donors (Lipinski definition) is 2. The van der Waals surface area contributed by atoms with Gasteiger partial charge in [-0.25, -0.2) is 0 Å². The summed E-state index contributed by atoms with van der Waals surface area (Å²) in [5.41, 5.74) is 4.27. The molecule has 0 bridgehead atoms. The summed E-state index contributed by atoms with van der Waals surface area (Å²) in [6.07, 6.45) is 0.633. The maximum absolute atomic E-state index is 12.4. The third-order valence-corrected chi connectivity index (χ3v) is 4.70. The Hall–Kier alpha value is -3.08. The monoisotopic (exact) mass is 364 g/mol. The molecule has 1 amide bonds. The third-order valence-electron chi connectivity index (χ3n) is 4.70. The molecule has 2 N–H and O–H groups in total. The first-order valence-electron chi connectivity index (χ1n) is 9.12. The molecule has 140 valence electrons. The van der Waals surface area contributed by atoms with E-state index in [0.717, 1.165) is 27.8 Å². The number of pyridine rings is 1. The summed E-state index contributed by atoms with van der Waals surface area (Å²) >= 11 is 0. The van der Waals surface area contributed by atoms with Crippen LogP contribution in [-0.4, -0.2) is 17.5 Å². The maximum atomic E-state index is 12.4. The van der Waals surface area contributed by atoms with Crippen LogP contribution in [-0.2, 0) is 11.2 Å². The van der Waals surface area contributed by atoms with Crippen molar-refractivity contribution in [1.82, 2.24) is 4.98 Å². The molecule has 0 aliphatic heterocycles. The molecule has 0 spiro atoms. The van der Waals surface area contributed by atoms with Crippen LogP contribution in [0.5, 0.6) is 5.75 Å². The minimum absolute atomic E-state index is 0.126. The largest absolute Gasteiger partial charge is 0.494 e. The number of rotatable bonds is 6. The van der Waals surface area contributed by atoms with Crippen molar-refractivity contribution in [3.05, 3.63) is 69.5 Å². The number of nitrogens with one attached hydrogen (secondary N) is 2. The molecule has 0 atom stereocenters. The van der Waals surface area contributed by atoms with Crippen LogP contribution in [0.15, 0.2) is 47.3 Å². The Morgan fingerprint density at radius 1 is 1.11 bits per heavy atom. The highest BCUT2D eigenvalue weighted by atomic mass is 16.5. The Morgan fingerprint density at radius 2 is 1.85 bits per heavy atom. The van der Waals surface area contributed by atoms with Gasteiger partial charge in [0.25, 0.3) is 5.56 Å². The van der Waals surface area contributed by atoms with E-state index in [1.54, 1.807) is 12.1 Å². The summed E-state index contributed by atoms with van der Waals surface area (Å²) in [6, 6.07) is 13.2. The molecule has 0 saturated carbocycles. The highest BCUT2D eigenvalue weighted by Gasteiger charge is 2.09. The lowest BCUT2D eigenvalue weighted by atomic mass is 10.0. The summed E-state index contributed by atoms with van der Waals surface area (Å²) in [7, 11) is 0. The molecule has 1 heterocycles. The molecule has 1 aromatic heterocycles. The summed E-state index contributed by atoms with van der Waals surface area (Å²) in [5.74, 6) is 0.641. The van der Waals surface area contributed by atoms with Crippen molar-refractivity contribution in [2.75, 3.05) is 11.9 Å². The quantitative estimate of drug-likeness (QED) is 0.691. The first-order valence-corrected chi connectivity index (χ1v) is 9.12. The fourth-order valence-corrected chi connectivity index (χ4v) is 3.03. The van der Waals surface area contributed by atoms with Crippen molar-refractivity contribution in [3.63, 3.8) is 0 Å². The maximum Gasteiger partial charge on any atom is 0.251 e. The van der Waals surface area contributed by atoms with Gasteiger partial charge >= 0.3 is 0 Å². The molecule has 0 fully saturated rings. The molecule has 0 aliphatic carbocycles. The summed E-state index contributed by atoms with van der Waals surface area (Å²) in [6.45, 7) is 6.54. The number of H-pyrrole nitrogens is 1. The topological polar surface area (TPSA) is 71.2 Å². The molecular weight excluding hydrogens is 340 g/mol. The van der Waals surface area contributed by atoms with E-state index in [2.05, 4.69) is 10.3 Å². The number of fused-ring (bicyclic) bond motifs is 1. The van der Waals surface area contributed by atoms with Crippen LogP contribution in [0, 0.1) is 13.8 Å². The highest BCUT2D eigenvalue weighted by Crippen LogP contribution is 2.19. The second kappa shape index (κ2) is 8.08. The Balaban J connectivity index is 1.67. The van der Waals surface area contributed by atoms with Gasteiger partial charge in [0.05, 0.1) is 12.1 Å². The van der Waals surface area contributed by atoms with Gasteiger partial charge in [0, 0.05) is 17.7 Å². The molecule has 0 unspecified atom stereocenters. The molecule has 0 saturated heterocycles. The van der Waals surface area contributed by atoms with Gasteiger partial charge in [-0.15, -0.1) is 0 Å². The molecule has 3 aromatic rings. The number of hydrogen-bond acceptors (Lipinski definition) is 3. The van der Waals surface area contributed by atoms with Crippen molar-refractivity contribution in [2.45, 2.75) is 33.6 Å². The summed E-state index contributed by atoms with van der Waals surface area (Å²) < 4.78 is 5.38. The number of aryl methyl sites for hydroxylation is 3. The SMILES string of the molecule is CCOc1ccc(NC(=O)CCc2cc3ccc(C)c(C)c3[nH]c2=O)cc1. The summed E-state index contributed by atoms with van der Waals surface area (Å²) in [5, 5.41) is 3.83. The smallest absolute Gasteiger partial charge is 0.251 e. The Morgan fingerprint density at radius 3 is 2.56 bits per heavy atom.